The van der Waals surface area contributed by atoms with Crippen molar-refractivity contribution in [2.24, 2.45) is 0 Å². The molecular weight excluding hydrogens is 670 g/mol. The van der Waals surface area contributed by atoms with Crippen molar-refractivity contribution in [3.8, 4) is 11.1 Å². The molecule has 0 aliphatic carbocycles. The lowest BCUT2D eigenvalue weighted by Crippen LogP contribution is -2.26. The zero-order valence-electron chi connectivity index (χ0n) is 25.8. The van der Waals surface area contributed by atoms with Gasteiger partial charge in [0.25, 0.3) is 0 Å². The van der Waals surface area contributed by atoms with E-state index in [2.05, 4.69) is 204 Å². The molecule has 0 heterocycles. The number of hydrogen-bond donors (Lipinski definition) is 0. The van der Waals surface area contributed by atoms with Crippen molar-refractivity contribution >= 4 is 85.1 Å². The van der Waals surface area contributed by atoms with Crippen LogP contribution in [0.3, 0.4) is 0 Å². The van der Waals surface area contributed by atoms with Gasteiger partial charge in [0, 0.05) is 15.6 Å². The third-order valence-corrected chi connectivity index (χ3v) is 15.0. The van der Waals surface area contributed by atoms with E-state index in [-0.39, 0.29) is 0 Å². The summed E-state index contributed by atoms with van der Waals surface area (Å²) in [6, 6.07) is 69.9. The first-order chi connectivity index (χ1) is 23.3. The molecule has 8 aromatic carbocycles. The van der Waals surface area contributed by atoms with Crippen LogP contribution in [0.1, 0.15) is 0 Å². The van der Waals surface area contributed by atoms with Crippen LogP contribution in [0.15, 0.2) is 193 Å². The predicted molar refractivity (Wildman–Crippen MR) is 215 cm³/mol. The average Bonchev–Trinajstić information content (AvgIpc) is 3.14. The highest BCUT2D eigenvalue weighted by molar-refractivity contribution is 9.10. The smallest absolute Gasteiger partial charge is 0.0620 e. The van der Waals surface area contributed by atoms with Crippen molar-refractivity contribution in [1.82, 2.24) is 0 Å². The summed E-state index contributed by atoms with van der Waals surface area (Å²) < 4.78 is 1.09. The van der Waals surface area contributed by atoms with Crippen LogP contribution in [0.4, 0.5) is 0 Å². The van der Waals surface area contributed by atoms with Crippen LogP contribution in [-0.2, 0) is 0 Å². The van der Waals surface area contributed by atoms with Crippen molar-refractivity contribution in [1.29, 1.82) is 0 Å². The lowest BCUT2D eigenvalue weighted by atomic mass is 9.93. The number of fused-ring (bicyclic) bond motifs is 2. The van der Waals surface area contributed by atoms with Crippen LogP contribution >= 0.6 is 31.8 Å². The zero-order valence-corrected chi connectivity index (χ0v) is 29.4. The minimum Gasteiger partial charge on any atom is -0.0620 e. The fourth-order valence-corrected chi connectivity index (χ4v) is 12.8. The van der Waals surface area contributed by atoms with Gasteiger partial charge in [-0.2, -0.15) is 0 Å². The lowest BCUT2D eigenvalue weighted by molar-refractivity contribution is 1.70. The summed E-state index contributed by atoms with van der Waals surface area (Å²) in [5.41, 5.74) is 2.72. The highest BCUT2D eigenvalue weighted by Crippen LogP contribution is 2.45. The van der Waals surface area contributed by atoms with Crippen molar-refractivity contribution < 1.29 is 0 Å². The topological polar surface area (TPSA) is 0 Å². The van der Waals surface area contributed by atoms with Gasteiger partial charge in [0.05, 0.1) is 15.8 Å². The Morgan fingerprint density at radius 3 is 1.17 bits per heavy atom. The van der Waals surface area contributed by atoms with E-state index in [1.807, 2.05) is 0 Å². The largest absolute Gasteiger partial charge is 0.111 e. The van der Waals surface area contributed by atoms with Gasteiger partial charge in [0.15, 0.2) is 0 Å². The Bertz CT molecular complexity index is 2230. The maximum absolute atomic E-state index is 3.78. The van der Waals surface area contributed by atoms with Crippen molar-refractivity contribution in [2.45, 2.75) is 0 Å². The Kier molecular flexibility index (Phi) is 8.54. The Morgan fingerprint density at radius 2 is 0.702 bits per heavy atom. The molecule has 8 aromatic rings. The fraction of sp³-hybridized carbons (Fsp3) is 0. The normalized spacial score (nSPS) is 11.5. The lowest BCUT2D eigenvalue weighted by Gasteiger charge is -2.21. The highest BCUT2D eigenvalue weighted by Gasteiger charge is 2.35. The van der Waals surface area contributed by atoms with Crippen molar-refractivity contribution in [3.05, 3.63) is 193 Å². The molecule has 0 N–H and O–H groups in total. The standard InChI is InChI=1S/C44H31BrP2/c45-34-27-28-40-33(31-34)26-30-42(47(37-20-9-3-10-21-37)38-22-11-4-12-23-38)44(40)43-39-24-14-13-15-32(39)25-29-41(43)46(35-16-5-1-6-17-35)36-18-7-2-8-19-36/h1-31H/p+2. The maximum Gasteiger partial charge on any atom is 0.111 e. The molecule has 0 bridgehead atoms. The molecule has 0 fully saturated rings. The Labute approximate surface area is 287 Å². The molecule has 0 saturated carbocycles. The number of rotatable bonds is 7. The van der Waals surface area contributed by atoms with Gasteiger partial charge in [0.2, 0.25) is 0 Å². The second kappa shape index (κ2) is 13.4. The molecule has 0 aliphatic heterocycles. The minimum absolute atomic E-state index is 1.09. The molecule has 0 radical (unpaired) electrons. The molecule has 0 aliphatic rings. The first kappa shape index (κ1) is 30.0. The first-order valence-corrected chi connectivity index (χ1v) is 19.8. The molecule has 0 saturated heterocycles. The molecule has 3 heteroatoms. The van der Waals surface area contributed by atoms with Crippen molar-refractivity contribution in [2.75, 3.05) is 0 Å². The summed E-state index contributed by atoms with van der Waals surface area (Å²) in [7, 11) is -2.78. The number of benzene rings is 8. The van der Waals surface area contributed by atoms with E-state index >= 15 is 0 Å². The monoisotopic (exact) mass is 702 g/mol. The van der Waals surface area contributed by atoms with E-state index in [9.17, 15) is 0 Å². The molecule has 47 heavy (non-hydrogen) atoms. The number of halogens is 1. The summed E-state index contributed by atoms with van der Waals surface area (Å²) in [5, 5.41) is 13.5. The van der Waals surface area contributed by atoms with E-state index < -0.39 is 15.8 Å². The second-order valence-corrected chi connectivity index (χ2v) is 17.6. The van der Waals surface area contributed by atoms with Gasteiger partial charge in [0.1, 0.15) is 31.8 Å². The predicted octanol–water partition coefficient (Wildman–Crippen LogP) is 9.40. The quantitative estimate of drug-likeness (QED) is 0.145. The summed E-state index contributed by atoms with van der Waals surface area (Å²) in [6.45, 7) is 0. The molecular formula is C44H33BrP2+2. The zero-order chi connectivity index (χ0) is 31.6. The molecule has 0 spiro atoms. The highest BCUT2D eigenvalue weighted by atomic mass is 79.9. The third kappa shape index (κ3) is 5.86. The minimum atomic E-state index is -1.39. The molecule has 8 rings (SSSR count). The number of hydrogen-bond acceptors (Lipinski definition) is 0. The van der Waals surface area contributed by atoms with Gasteiger partial charge in [-0.1, -0.05) is 131 Å². The van der Waals surface area contributed by atoms with E-state index in [1.54, 1.807) is 0 Å². The van der Waals surface area contributed by atoms with Gasteiger partial charge < -0.3 is 0 Å². The van der Waals surface area contributed by atoms with Crippen LogP contribution in [0, 0.1) is 0 Å². The van der Waals surface area contributed by atoms with Gasteiger partial charge in [-0.25, -0.2) is 0 Å². The molecule has 0 amide bonds. The summed E-state index contributed by atoms with van der Waals surface area (Å²) in [6.07, 6.45) is 0. The Balaban J connectivity index is 1.54. The van der Waals surface area contributed by atoms with E-state index in [0.717, 1.165) is 4.47 Å². The molecule has 0 unspecified atom stereocenters. The average molecular weight is 704 g/mol. The summed E-state index contributed by atoms with van der Waals surface area (Å²) >= 11 is 3.78. The van der Waals surface area contributed by atoms with E-state index in [0.29, 0.717) is 0 Å². The van der Waals surface area contributed by atoms with Gasteiger partial charge in [-0.05, 0) is 94.3 Å². The van der Waals surface area contributed by atoms with Crippen LogP contribution in [0.2, 0.25) is 0 Å². The van der Waals surface area contributed by atoms with Gasteiger partial charge in [-0.3, -0.25) is 0 Å². The molecule has 224 valence electrons. The molecule has 0 atom stereocenters. The SMILES string of the molecule is Brc1ccc2c(-c3c([PH+](c4ccccc4)c4ccccc4)ccc4ccccc34)c([PH+](c3ccccc3)c3ccccc3)ccc2c1. The molecule has 0 nitrogen and oxygen atoms in total. The van der Waals surface area contributed by atoms with Crippen LogP contribution in [0.5, 0.6) is 0 Å². The summed E-state index contributed by atoms with van der Waals surface area (Å²) in [5.74, 6) is 0. The Morgan fingerprint density at radius 1 is 0.319 bits per heavy atom. The second-order valence-electron chi connectivity index (χ2n) is 11.8. The van der Waals surface area contributed by atoms with E-state index in [1.165, 1.54) is 64.5 Å². The summed E-state index contributed by atoms with van der Waals surface area (Å²) in [4.78, 5) is 0. The molecule has 0 aromatic heterocycles. The van der Waals surface area contributed by atoms with E-state index in [4.69, 9.17) is 0 Å². The van der Waals surface area contributed by atoms with Gasteiger partial charge in [-0.15, -0.1) is 0 Å². The fourth-order valence-electron chi connectivity index (χ4n) is 6.90. The maximum atomic E-state index is 3.78. The first-order valence-electron chi connectivity index (χ1n) is 16.0. The van der Waals surface area contributed by atoms with Crippen LogP contribution in [-0.4, -0.2) is 0 Å². The van der Waals surface area contributed by atoms with Gasteiger partial charge >= 0.3 is 0 Å². The third-order valence-electron chi connectivity index (χ3n) is 8.95. The van der Waals surface area contributed by atoms with Crippen molar-refractivity contribution in [3.63, 3.8) is 0 Å². The van der Waals surface area contributed by atoms with Crippen LogP contribution in [0.25, 0.3) is 32.7 Å². The Hall–Kier alpha value is -4.38. The van der Waals surface area contributed by atoms with Crippen LogP contribution < -0.4 is 31.8 Å².